The Morgan fingerprint density at radius 1 is 1.00 bits per heavy atom. The Bertz CT molecular complexity index is 756. The van der Waals surface area contributed by atoms with Crippen molar-refractivity contribution < 1.29 is 23.8 Å². The van der Waals surface area contributed by atoms with Gasteiger partial charge in [0.15, 0.2) is 0 Å². The zero-order valence-electron chi connectivity index (χ0n) is 15.3. The van der Waals surface area contributed by atoms with E-state index in [4.69, 9.17) is 14.2 Å². The second-order valence-corrected chi connectivity index (χ2v) is 6.64. The Balaban J connectivity index is 2.55. The smallest absolute Gasteiger partial charge is 0.342 e. The van der Waals surface area contributed by atoms with Crippen molar-refractivity contribution in [2.45, 2.75) is 33.1 Å². The highest BCUT2D eigenvalue weighted by Gasteiger charge is 2.33. The number of carbonyl (C=O) groups is 2. The van der Waals surface area contributed by atoms with E-state index in [1.165, 1.54) is 7.11 Å². The van der Waals surface area contributed by atoms with E-state index in [-0.39, 0.29) is 23.5 Å². The molecule has 0 aromatic rings. The van der Waals surface area contributed by atoms with E-state index in [9.17, 15) is 9.59 Å². The summed E-state index contributed by atoms with van der Waals surface area (Å²) in [4.78, 5) is 25.2. The van der Waals surface area contributed by atoms with Gasteiger partial charge in [0.05, 0.1) is 20.3 Å². The van der Waals surface area contributed by atoms with Crippen LogP contribution >= 0.6 is 15.9 Å². The standard InChI is InChI=1S/C20H23BrO5/c1-4-6-7-11-26-20(23)16-14-10-8-9-13(21)12-15(14)17(18(16)24-3)19(22)25-5-2/h8-10,12H,4-7,11H2,1-3H3. The van der Waals surface area contributed by atoms with Crippen LogP contribution in [0.5, 0.6) is 5.75 Å². The van der Waals surface area contributed by atoms with Gasteiger partial charge in [-0.05, 0) is 25.5 Å². The number of hydrogen-bond donors (Lipinski definition) is 0. The number of fused-ring (bicyclic) bond motifs is 1. The van der Waals surface area contributed by atoms with Crippen molar-refractivity contribution in [3.8, 4) is 16.9 Å². The molecule has 26 heavy (non-hydrogen) atoms. The number of methoxy groups -OCH3 is 1. The van der Waals surface area contributed by atoms with E-state index in [2.05, 4.69) is 22.9 Å². The van der Waals surface area contributed by atoms with Crippen LogP contribution in [0.1, 0.15) is 53.8 Å². The van der Waals surface area contributed by atoms with Crippen molar-refractivity contribution in [2.75, 3.05) is 20.3 Å². The van der Waals surface area contributed by atoms with Crippen LogP contribution in [-0.4, -0.2) is 32.3 Å². The van der Waals surface area contributed by atoms with Gasteiger partial charge in [0.25, 0.3) is 0 Å². The summed E-state index contributed by atoms with van der Waals surface area (Å²) in [5.74, 6) is -0.838. The van der Waals surface area contributed by atoms with Gasteiger partial charge in [-0.2, -0.15) is 0 Å². The number of esters is 2. The van der Waals surface area contributed by atoms with Crippen LogP contribution in [0.3, 0.4) is 0 Å². The first-order chi connectivity index (χ1) is 12.5. The van der Waals surface area contributed by atoms with E-state index in [0.29, 0.717) is 17.7 Å². The molecule has 2 aliphatic rings. The first kappa shape index (κ1) is 20.2. The third-order valence-electron chi connectivity index (χ3n) is 3.95. The fourth-order valence-electron chi connectivity index (χ4n) is 2.79. The van der Waals surface area contributed by atoms with Crippen LogP contribution < -0.4 is 4.74 Å². The predicted octanol–water partition coefficient (Wildman–Crippen LogP) is 5.09. The largest absolute Gasteiger partial charge is 0.495 e. The van der Waals surface area contributed by atoms with Gasteiger partial charge >= 0.3 is 11.9 Å². The molecule has 0 aliphatic heterocycles. The first-order valence-corrected chi connectivity index (χ1v) is 9.47. The summed E-state index contributed by atoms with van der Waals surface area (Å²) < 4.78 is 16.8. The fourth-order valence-corrected chi connectivity index (χ4v) is 3.17. The van der Waals surface area contributed by atoms with Gasteiger partial charge in [0, 0.05) is 15.6 Å². The average molecular weight is 423 g/mol. The van der Waals surface area contributed by atoms with Gasteiger partial charge < -0.3 is 14.2 Å². The van der Waals surface area contributed by atoms with E-state index in [1.807, 2.05) is 6.07 Å². The summed E-state index contributed by atoms with van der Waals surface area (Å²) in [6.45, 7) is 4.37. The maximum atomic E-state index is 12.7. The second-order valence-electron chi connectivity index (χ2n) is 5.73. The molecular weight excluding hydrogens is 400 g/mol. The van der Waals surface area contributed by atoms with Crippen LogP contribution in [0.2, 0.25) is 0 Å². The van der Waals surface area contributed by atoms with Crippen LogP contribution in [-0.2, 0) is 9.47 Å². The molecule has 0 unspecified atom stereocenters. The molecular formula is C20H23BrO5. The molecule has 6 heteroatoms. The highest BCUT2D eigenvalue weighted by atomic mass is 79.9. The number of carbonyl (C=O) groups excluding carboxylic acids is 2. The molecule has 0 fully saturated rings. The Labute approximate surface area is 162 Å². The van der Waals surface area contributed by atoms with E-state index < -0.39 is 11.9 Å². The van der Waals surface area contributed by atoms with Crippen molar-refractivity contribution >= 4 is 27.9 Å². The summed E-state index contributed by atoms with van der Waals surface area (Å²) in [6, 6.07) is 7.18. The topological polar surface area (TPSA) is 61.8 Å². The quantitative estimate of drug-likeness (QED) is 0.438. The Kier molecular flexibility index (Phi) is 7.45. The number of ether oxygens (including phenoxy) is 3. The molecule has 0 heterocycles. The number of rotatable bonds is 8. The molecule has 0 radical (unpaired) electrons. The van der Waals surface area contributed by atoms with E-state index in [1.54, 1.807) is 25.1 Å². The lowest BCUT2D eigenvalue weighted by molar-refractivity contribution is 0.0496. The first-order valence-electron chi connectivity index (χ1n) is 8.68. The van der Waals surface area contributed by atoms with Crippen LogP contribution in [0.4, 0.5) is 0 Å². The molecule has 2 aliphatic carbocycles. The molecule has 0 saturated carbocycles. The highest BCUT2D eigenvalue weighted by Crippen LogP contribution is 2.43. The lowest BCUT2D eigenvalue weighted by atomic mass is 10.1. The minimum atomic E-state index is -0.530. The lowest BCUT2D eigenvalue weighted by Gasteiger charge is -2.07. The maximum Gasteiger partial charge on any atom is 0.342 e. The third-order valence-corrected chi connectivity index (χ3v) is 4.45. The van der Waals surface area contributed by atoms with E-state index in [0.717, 1.165) is 23.7 Å². The van der Waals surface area contributed by atoms with Gasteiger partial charge in [0.2, 0.25) is 0 Å². The van der Waals surface area contributed by atoms with Crippen LogP contribution in [0.25, 0.3) is 11.1 Å². The van der Waals surface area contributed by atoms with Gasteiger partial charge in [-0.15, -0.1) is 0 Å². The highest BCUT2D eigenvalue weighted by molar-refractivity contribution is 9.10. The average Bonchev–Trinajstić information content (AvgIpc) is 2.79. The van der Waals surface area contributed by atoms with Gasteiger partial charge in [-0.1, -0.05) is 47.8 Å². The monoisotopic (exact) mass is 422 g/mol. The molecule has 0 saturated heterocycles. The fraction of sp³-hybridized carbons (Fsp3) is 0.400. The van der Waals surface area contributed by atoms with Crippen molar-refractivity contribution in [3.05, 3.63) is 39.9 Å². The van der Waals surface area contributed by atoms with Gasteiger partial charge in [-0.25, -0.2) is 9.59 Å². The molecule has 5 nitrogen and oxygen atoms in total. The lowest BCUT2D eigenvalue weighted by Crippen LogP contribution is -2.09. The number of unbranched alkanes of at least 4 members (excludes halogenated alkanes) is 2. The Morgan fingerprint density at radius 3 is 2.35 bits per heavy atom. The summed E-state index contributed by atoms with van der Waals surface area (Å²) in [5.41, 5.74) is 1.67. The van der Waals surface area contributed by atoms with Crippen molar-refractivity contribution in [2.24, 2.45) is 0 Å². The van der Waals surface area contributed by atoms with E-state index >= 15 is 0 Å². The maximum absolute atomic E-state index is 12.7. The SMILES string of the molecule is CCCCCOC(=O)c1c2cccc(Br)cc-2c(C(=O)OCC)c1OC. The minimum absolute atomic E-state index is 0.192. The second kappa shape index (κ2) is 9.57. The molecule has 0 spiro atoms. The predicted molar refractivity (Wildman–Crippen MR) is 103 cm³/mol. The van der Waals surface area contributed by atoms with Gasteiger partial charge in [0.1, 0.15) is 16.9 Å². The zero-order valence-corrected chi connectivity index (χ0v) is 16.9. The number of halogens is 1. The summed E-state index contributed by atoms with van der Waals surface area (Å²) >= 11 is 3.43. The van der Waals surface area contributed by atoms with Gasteiger partial charge in [-0.3, -0.25) is 0 Å². The van der Waals surface area contributed by atoms with Crippen LogP contribution in [0.15, 0.2) is 28.7 Å². The minimum Gasteiger partial charge on any atom is -0.495 e. The molecule has 0 aromatic heterocycles. The number of hydrogen-bond acceptors (Lipinski definition) is 5. The zero-order chi connectivity index (χ0) is 19.1. The summed E-state index contributed by atoms with van der Waals surface area (Å²) in [5, 5.41) is 0. The van der Waals surface area contributed by atoms with Crippen LogP contribution in [0, 0.1) is 0 Å². The van der Waals surface area contributed by atoms with Crippen molar-refractivity contribution in [1.29, 1.82) is 0 Å². The summed E-state index contributed by atoms with van der Waals surface area (Å²) in [6.07, 6.45) is 2.83. The molecule has 140 valence electrons. The molecule has 2 rings (SSSR count). The molecule has 0 atom stereocenters. The Morgan fingerprint density at radius 2 is 1.69 bits per heavy atom. The van der Waals surface area contributed by atoms with Crippen molar-refractivity contribution in [1.82, 2.24) is 0 Å². The summed E-state index contributed by atoms with van der Waals surface area (Å²) in [7, 11) is 1.43. The molecule has 0 N–H and O–H groups in total. The molecule has 0 amide bonds. The van der Waals surface area contributed by atoms with Crippen molar-refractivity contribution in [3.63, 3.8) is 0 Å². The Hall–Kier alpha value is -2.08. The third kappa shape index (κ3) is 4.36. The molecule has 0 bridgehead atoms. The normalized spacial score (nSPS) is 10.6. The molecule has 0 aromatic carbocycles.